The number of carbonyl (C=O) groups is 1. The molecule has 1 unspecified atom stereocenters. The summed E-state index contributed by atoms with van der Waals surface area (Å²) in [6, 6.07) is 5.67. The third-order valence-electron chi connectivity index (χ3n) is 2.67. The lowest BCUT2D eigenvalue weighted by atomic mass is 10.1. The van der Waals surface area contributed by atoms with E-state index in [1.807, 2.05) is 36.9 Å². The molecule has 1 aromatic rings. The van der Waals surface area contributed by atoms with E-state index in [4.69, 9.17) is 0 Å². The van der Waals surface area contributed by atoms with Crippen molar-refractivity contribution in [1.29, 1.82) is 0 Å². The van der Waals surface area contributed by atoms with Gasteiger partial charge in [-0.3, -0.25) is 4.79 Å². The molecule has 2 nitrogen and oxygen atoms in total. The van der Waals surface area contributed by atoms with E-state index in [9.17, 15) is 4.79 Å². The summed E-state index contributed by atoms with van der Waals surface area (Å²) in [6.07, 6.45) is 3.09. The molecule has 0 aromatic heterocycles. The number of hydrogen-bond acceptors (Lipinski definition) is 2. The molecule has 1 rings (SSSR count). The van der Waals surface area contributed by atoms with Crippen molar-refractivity contribution in [3.05, 3.63) is 33.8 Å². The molecule has 0 bridgehead atoms. The zero-order valence-corrected chi connectivity index (χ0v) is 12.8. The van der Waals surface area contributed by atoms with Crippen LogP contribution in [0.1, 0.15) is 29.3 Å². The molecule has 0 aliphatic rings. The lowest BCUT2D eigenvalue weighted by Gasteiger charge is -2.09. The van der Waals surface area contributed by atoms with Gasteiger partial charge in [0.1, 0.15) is 0 Å². The van der Waals surface area contributed by atoms with E-state index >= 15 is 0 Å². The summed E-state index contributed by atoms with van der Waals surface area (Å²) in [6.45, 7) is 4.90. The van der Waals surface area contributed by atoms with Gasteiger partial charge in [-0.1, -0.05) is 28.9 Å². The highest BCUT2D eigenvalue weighted by atomic mass is 79.9. The number of nitrogens with one attached hydrogen (secondary N) is 1. The average molecular weight is 316 g/mol. The first-order chi connectivity index (χ1) is 8.04. The maximum atomic E-state index is 11.8. The Hall–Kier alpha value is -0.480. The molecule has 0 aliphatic heterocycles. The van der Waals surface area contributed by atoms with Crippen molar-refractivity contribution < 1.29 is 4.79 Å². The first-order valence-electron chi connectivity index (χ1n) is 5.61. The van der Waals surface area contributed by atoms with Crippen LogP contribution in [0, 0.1) is 6.92 Å². The second kappa shape index (κ2) is 7.07. The zero-order valence-electron chi connectivity index (χ0n) is 10.4. The Bertz CT molecular complexity index is 395. The van der Waals surface area contributed by atoms with Crippen LogP contribution in [0.15, 0.2) is 22.7 Å². The van der Waals surface area contributed by atoms with Crippen molar-refractivity contribution in [2.75, 3.05) is 12.8 Å². The highest BCUT2D eigenvalue weighted by Gasteiger charge is 2.07. The predicted molar refractivity (Wildman–Crippen MR) is 78.8 cm³/mol. The number of benzene rings is 1. The molecule has 0 saturated carbocycles. The predicted octanol–water partition coefficient (Wildman–Crippen LogP) is 3.63. The lowest BCUT2D eigenvalue weighted by molar-refractivity contribution is 0.0953. The monoisotopic (exact) mass is 315 g/mol. The third-order valence-corrected chi connectivity index (χ3v) is 4.57. The Balaban J connectivity index is 2.50. The van der Waals surface area contributed by atoms with Crippen LogP contribution in [0.5, 0.6) is 0 Å². The second-order valence-corrected chi connectivity index (χ2v) is 6.19. The molecule has 0 saturated heterocycles. The number of carbonyl (C=O) groups excluding carboxylic acids is 1. The van der Waals surface area contributed by atoms with E-state index in [2.05, 4.69) is 34.4 Å². The van der Waals surface area contributed by atoms with Crippen LogP contribution in [-0.2, 0) is 0 Å². The Morgan fingerprint density at radius 3 is 2.82 bits per heavy atom. The van der Waals surface area contributed by atoms with Gasteiger partial charge in [-0.2, -0.15) is 11.8 Å². The SMILES string of the molecule is CSC(C)CCNC(=O)c1ccc(C)c(Br)c1. The molecular weight excluding hydrogens is 298 g/mol. The van der Waals surface area contributed by atoms with Gasteiger partial charge >= 0.3 is 0 Å². The molecule has 1 atom stereocenters. The molecule has 0 aliphatic carbocycles. The molecular formula is C13H18BrNOS. The van der Waals surface area contributed by atoms with E-state index in [1.54, 1.807) is 0 Å². The van der Waals surface area contributed by atoms with E-state index in [1.165, 1.54) is 0 Å². The first-order valence-corrected chi connectivity index (χ1v) is 7.70. The number of rotatable bonds is 5. The molecule has 0 spiro atoms. The fourth-order valence-electron chi connectivity index (χ4n) is 1.34. The molecule has 0 fully saturated rings. The van der Waals surface area contributed by atoms with Crippen LogP contribution in [0.25, 0.3) is 0 Å². The average Bonchev–Trinajstić information content (AvgIpc) is 2.32. The summed E-state index contributed by atoms with van der Waals surface area (Å²) in [5, 5.41) is 3.52. The van der Waals surface area contributed by atoms with E-state index in [0.717, 1.165) is 23.0 Å². The van der Waals surface area contributed by atoms with Gasteiger partial charge < -0.3 is 5.32 Å². The minimum atomic E-state index is -0.000923. The van der Waals surface area contributed by atoms with Gasteiger partial charge in [-0.25, -0.2) is 0 Å². The highest BCUT2D eigenvalue weighted by molar-refractivity contribution is 9.10. The normalized spacial score (nSPS) is 12.2. The van der Waals surface area contributed by atoms with Crippen LogP contribution < -0.4 is 5.32 Å². The second-order valence-electron chi connectivity index (χ2n) is 4.05. The Morgan fingerprint density at radius 1 is 1.53 bits per heavy atom. The fraction of sp³-hybridized carbons (Fsp3) is 0.462. The van der Waals surface area contributed by atoms with Crippen molar-refractivity contribution in [3.8, 4) is 0 Å². The fourth-order valence-corrected chi connectivity index (χ4v) is 2.08. The number of aryl methyl sites for hydroxylation is 1. The summed E-state index contributed by atoms with van der Waals surface area (Å²) in [4.78, 5) is 11.8. The first kappa shape index (κ1) is 14.6. The summed E-state index contributed by atoms with van der Waals surface area (Å²) in [5.41, 5.74) is 1.84. The molecule has 0 radical (unpaired) electrons. The lowest BCUT2D eigenvalue weighted by Crippen LogP contribution is -2.26. The minimum Gasteiger partial charge on any atom is -0.352 e. The topological polar surface area (TPSA) is 29.1 Å². The van der Waals surface area contributed by atoms with Gasteiger partial charge in [-0.05, 0) is 37.3 Å². The Labute approximate surface area is 116 Å². The maximum absolute atomic E-state index is 11.8. The molecule has 1 amide bonds. The molecule has 94 valence electrons. The summed E-state index contributed by atoms with van der Waals surface area (Å²) < 4.78 is 0.975. The van der Waals surface area contributed by atoms with Crippen molar-refractivity contribution >= 4 is 33.6 Å². The number of thioether (sulfide) groups is 1. The zero-order chi connectivity index (χ0) is 12.8. The van der Waals surface area contributed by atoms with E-state index < -0.39 is 0 Å². The van der Waals surface area contributed by atoms with Crippen molar-refractivity contribution in [1.82, 2.24) is 5.32 Å². The number of halogens is 1. The summed E-state index contributed by atoms with van der Waals surface area (Å²) in [5.74, 6) is -0.000923. The molecule has 17 heavy (non-hydrogen) atoms. The van der Waals surface area contributed by atoms with Gasteiger partial charge in [-0.15, -0.1) is 0 Å². The van der Waals surface area contributed by atoms with Gasteiger partial charge in [0.2, 0.25) is 0 Å². The Kier molecular flexibility index (Phi) is 6.06. The van der Waals surface area contributed by atoms with Crippen LogP contribution in [0.3, 0.4) is 0 Å². The molecule has 4 heteroatoms. The van der Waals surface area contributed by atoms with Crippen LogP contribution in [0.4, 0.5) is 0 Å². The number of amides is 1. The standard InChI is InChI=1S/C13H18BrNOS/c1-9-4-5-11(8-12(9)14)13(16)15-7-6-10(2)17-3/h4-5,8,10H,6-7H2,1-3H3,(H,15,16). The van der Waals surface area contributed by atoms with Crippen LogP contribution in [0.2, 0.25) is 0 Å². The van der Waals surface area contributed by atoms with Crippen molar-refractivity contribution in [3.63, 3.8) is 0 Å². The highest BCUT2D eigenvalue weighted by Crippen LogP contribution is 2.17. The van der Waals surface area contributed by atoms with Gasteiger partial charge in [0, 0.05) is 21.8 Å². The molecule has 1 N–H and O–H groups in total. The van der Waals surface area contributed by atoms with Crippen LogP contribution in [-0.4, -0.2) is 24.0 Å². The van der Waals surface area contributed by atoms with Crippen molar-refractivity contribution in [2.45, 2.75) is 25.5 Å². The molecule has 1 aromatic carbocycles. The quantitative estimate of drug-likeness (QED) is 0.899. The molecule has 0 heterocycles. The van der Waals surface area contributed by atoms with Gasteiger partial charge in [0.15, 0.2) is 0 Å². The smallest absolute Gasteiger partial charge is 0.251 e. The Morgan fingerprint density at radius 2 is 2.24 bits per heavy atom. The maximum Gasteiger partial charge on any atom is 0.251 e. The largest absolute Gasteiger partial charge is 0.352 e. The number of hydrogen-bond donors (Lipinski definition) is 1. The summed E-state index contributed by atoms with van der Waals surface area (Å²) in [7, 11) is 0. The summed E-state index contributed by atoms with van der Waals surface area (Å²) >= 11 is 5.25. The van der Waals surface area contributed by atoms with Gasteiger partial charge in [0.25, 0.3) is 5.91 Å². The van der Waals surface area contributed by atoms with Crippen molar-refractivity contribution in [2.24, 2.45) is 0 Å². The van der Waals surface area contributed by atoms with Gasteiger partial charge in [0.05, 0.1) is 0 Å². The van der Waals surface area contributed by atoms with Crippen LogP contribution >= 0.6 is 27.7 Å². The third kappa shape index (κ3) is 4.72. The minimum absolute atomic E-state index is 0.000923. The van der Waals surface area contributed by atoms with E-state index in [-0.39, 0.29) is 5.91 Å². The van der Waals surface area contributed by atoms with E-state index in [0.29, 0.717) is 10.8 Å².